The van der Waals surface area contributed by atoms with E-state index in [1.807, 2.05) is 22.6 Å². The van der Waals surface area contributed by atoms with Crippen molar-refractivity contribution >= 4 is 34.5 Å². The lowest BCUT2D eigenvalue weighted by Crippen LogP contribution is -2.32. The fourth-order valence-corrected chi connectivity index (χ4v) is 2.24. The molecule has 0 amide bonds. The monoisotopic (exact) mass is 397 g/mol. The third-order valence-corrected chi connectivity index (χ3v) is 3.71. The predicted molar refractivity (Wildman–Crippen MR) is 84.9 cm³/mol. The molecule has 0 aromatic heterocycles. The minimum atomic E-state index is -0.386. The van der Waals surface area contributed by atoms with Gasteiger partial charge in [0, 0.05) is 6.54 Å². The minimum Gasteiger partial charge on any atom is -0.461 e. The number of esters is 2. The van der Waals surface area contributed by atoms with E-state index in [-0.39, 0.29) is 28.6 Å². The molecule has 5 nitrogen and oxygen atoms in total. The number of hydrogen-bond donors (Lipinski definition) is 0. The lowest BCUT2D eigenvalue weighted by atomic mass is 10.1. The summed E-state index contributed by atoms with van der Waals surface area (Å²) in [4.78, 5) is 25.3. The van der Waals surface area contributed by atoms with Crippen LogP contribution in [0, 0.1) is 0 Å². The van der Waals surface area contributed by atoms with Gasteiger partial charge in [-0.05, 0) is 39.8 Å². The summed E-state index contributed by atoms with van der Waals surface area (Å²) in [6.45, 7) is 6.54. The maximum Gasteiger partial charge on any atom is 0.318 e. The zero-order valence-corrected chi connectivity index (χ0v) is 14.4. The van der Waals surface area contributed by atoms with Crippen LogP contribution in [-0.4, -0.2) is 53.1 Å². The Morgan fingerprint density at radius 3 is 2.45 bits per heavy atom. The summed E-state index contributed by atoms with van der Waals surface area (Å²) in [5.41, 5.74) is 0. The van der Waals surface area contributed by atoms with Crippen molar-refractivity contribution in [2.24, 2.45) is 0 Å². The molecule has 0 N–H and O–H groups in total. The molecule has 6 heteroatoms. The van der Waals surface area contributed by atoms with Crippen molar-refractivity contribution in [3.05, 3.63) is 0 Å². The van der Waals surface area contributed by atoms with Gasteiger partial charge in [0.1, 0.15) is 16.6 Å². The van der Waals surface area contributed by atoms with Gasteiger partial charge >= 0.3 is 11.9 Å². The van der Waals surface area contributed by atoms with Crippen LogP contribution in [0.4, 0.5) is 0 Å². The van der Waals surface area contributed by atoms with Crippen molar-refractivity contribution in [3.8, 4) is 0 Å². The molecule has 2 unspecified atom stereocenters. The second kappa shape index (κ2) is 9.55. The first-order valence-electron chi connectivity index (χ1n) is 7.21. The average Bonchev–Trinajstić information content (AvgIpc) is 2.43. The first-order valence-corrected chi connectivity index (χ1v) is 8.46. The normalized spacial score (nSPS) is 19.1. The Morgan fingerprint density at radius 2 is 1.85 bits per heavy atom. The van der Waals surface area contributed by atoms with Gasteiger partial charge in [-0.25, -0.2) is 0 Å². The highest BCUT2D eigenvalue weighted by molar-refractivity contribution is 14.1. The molecule has 1 rings (SSSR count). The lowest BCUT2D eigenvalue weighted by Gasteiger charge is -2.26. The topological polar surface area (TPSA) is 55.8 Å². The Kier molecular flexibility index (Phi) is 8.44. The number of carbonyl (C=O) groups is 2. The highest BCUT2D eigenvalue weighted by Crippen LogP contribution is 2.09. The second-order valence-corrected chi connectivity index (χ2v) is 7.07. The van der Waals surface area contributed by atoms with Crippen LogP contribution < -0.4 is 0 Å². The molecule has 116 valence electrons. The number of ether oxygens (including phenoxy) is 2. The number of likely N-dealkylation sites (tertiary alicyclic amines) is 1. The van der Waals surface area contributed by atoms with Crippen molar-refractivity contribution in [2.45, 2.75) is 49.6 Å². The largest absolute Gasteiger partial charge is 0.461 e. The average molecular weight is 397 g/mol. The molecule has 0 spiro atoms. The predicted octanol–water partition coefficient (Wildman–Crippen LogP) is 2.16. The van der Waals surface area contributed by atoms with E-state index < -0.39 is 0 Å². The van der Waals surface area contributed by atoms with Gasteiger partial charge in [0.25, 0.3) is 0 Å². The van der Waals surface area contributed by atoms with Crippen LogP contribution in [0.15, 0.2) is 0 Å². The van der Waals surface area contributed by atoms with E-state index in [9.17, 15) is 9.59 Å². The van der Waals surface area contributed by atoms with Gasteiger partial charge in [-0.15, -0.1) is 0 Å². The third kappa shape index (κ3) is 7.42. The maximum absolute atomic E-state index is 11.7. The zero-order chi connectivity index (χ0) is 15.0. The molecule has 2 atom stereocenters. The summed E-state index contributed by atoms with van der Waals surface area (Å²) in [7, 11) is 0. The summed E-state index contributed by atoms with van der Waals surface area (Å²) >= 11 is 1.99. The van der Waals surface area contributed by atoms with Crippen LogP contribution in [0.5, 0.6) is 0 Å². The summed E-state index contributed by atoms with van der Waals surface area (Å²) in [5, 5.41) is 0. The molecule has 1 aliphatic rings. The standard InChI is InChI=1S/C14H24INO4/c1-11(10-19-14(18)12(2)15)20-13(17)6-9-16-7-4-3-5-8-16/h11-12H,3-10H2,1-2H3. The summed E-state index contributed by atoms with van der Waals surface area (Å²) in [6, 6.07) is 0. The maximum atomic E-state index is 11.7. The Morgan fingerprint density at radius 1 is 1.20 bits per heavy atom. The van der Waals surface area contributed by atoms with Gasteiger partial charge in [-0.3, -0.25) is 9.59 Å². The lowest BCUT2D eigenvalue weighted by molar-refractivity contribution is -0.157. The molecule has 20 heavy (non-hydrogen) atoms. The van der Waals surface area contributed by atoms with Crippen LogP contribution in [0.3, 0.4) is 0 Å². The van der Waals surface area contributed by atoms with E-state index in [0.29, 0.717) is 6.42 Å². The number of hydrogen-bond acceptors (Lipinski definition) is 5. The summed E-state index contributed by atoms with van der Waals surface area (Å²) in [5.74, 6) is -0.497. The molecule has 1 aliphatic heterocycles. The van der Waals surface area contributed by atoms with Crippen molar-refractivity contribution in [3.63, 3.8) is 0 Å². The zero-order valence-electron chi connectivity index (χ0n) is 12.3. The third-order valence-electron chi connectivity index (χ3n) is 3.20. The van der Waals surface area contributed by atoms with E-state index in [0.717, 1.165) is 19.6 Å². The number of piperidine rings is 1. The first kappa shape index (κ1) is 17.7. The minimum absolute atomic E-state index is 0.127. The smallest absolute Gasteiger partial charge is 0.318 e. The number of alkyl halides is 1. The molecule has 1 saturated heterocycles. The van der Waals surface area contributed by atoms with Crippen molar-refractivity contribution in [1.82, 2.24) is 4.90 Å². The highest BCUT2D eigenvalue weighted by atomic mass is 127. The van der Waals surface area contributed by atoms with Crippen LogP contribution in [-0.2, 0) is 19.1 Å². The van der Waals surface area contributed by atoms with Gasteiger partial charge in [0.15, 0.2) is 0 Å². The number of nitrogens with zero attached hydrogens (tertiary/aromatic N) is 1. The van der Waals surface area contributed by atoms with Gasteiger partial charge in [-0.1, -0.05) is 29.0 Å². The summed E-state index contributed by atoms with van der Waals surface area (Å²) in [6.07, 6.45) is 3.74. The Balaban J connectivity index is 2.12. The van der Waals surface area contributed by atoms with E-state index in [4.69, 9.17) is 9.47 Å². The van der Waals surface area contributed by atoms with Crippen molar-refractivity contribution in [2.75, 3.05) is 26.2 Å². The molecule has 1 fully saturated rings. The molecule has 0 aromatic rings. The van der Waals surface area contributed by atoms with Gasteiger partial charge in [0.2, 0.25) is 0 Å². The molecule has 0 radical (unpaired) electrons. The van der Waals surface area contributed by atoms with Gasteiger partial charge in [-0.2, -0.15) is 0 Å². The van der Waals surface area contributed by atoms with Crippen molar-refractivity contribution < 1.29 is 19.1 Å². The number of rotatable bonds is 7. The van der Waals surface area contributed by atoms with E-state index in [2.05, 4.69) is 4.90 Å². The van der Waals surface area contributed by atoms with Gasteiger partial charge < -0.3 is 14.4 Å². The Bertz CT molecular complexity index is 316. The quantitative estimate of drug-likeness (QED) is 0.375. The van der Waals surface area contributed by atoms with Crippen molar-refractivity contribution in [1.29, 1.82) is 0 Å². The number of carbonyl (C=O) groups excluding carboxylic acids is 2. The Labute approximate surface area is 134 Å². The molecule has 0 saturated carbocycles. The second-order valence-electron chi connectivity index (χ2n) is 5.20. The SMILES string of the molecule is CC(COC(=O)C(C)I)OC(=O)CCN1CCCCC1. The Hall–Kier alpha value is -0.370. The molecular weight excluding hydrogens is 373 g/mol. The van der Waals surface area contributed by atoms with E-state index >= 15 is 0 Å². The van der Waals surface area contributed by atoms with Crippen LogP contribution in [0.1, 0.15) is 39.5 Å². The molecule has 0 aliphatic carbocycles. The molecular formula is C14H24INO4. The fourth-order valence-electron chi connectivity index (χ4n) is 2.06. The fraction of sp³-hybridized carbons (Fsp3) is 0.857. The van der Waals surface area contributed by atoms with Crippen LogP contribution >= 0.6 is 22.6 Å². The number of halogens is 1. The van der Waals surface area contributed by atoms with Crippen LogP contribution in [0.25, 0.3) is 0 Å². The van der Waals surface area contributed by atoms with E-state index in [1.165, 1.54) is 19.3 Å². The van der Waals surface area contributed by atoms with Crippen LogP contribution in [0.2, 0.25) is 0 Å². The first-order chi connectivity index (χ1) is 9.49. The highest BCUT2D eigenvalue weighted by Gasteiger charge is 2.16. The van der Waals surface area contributed by atoms with Gasteiger partial charge in [0.05, 0.1) is 6.42 Å². The van der Waals surface area contributed by atoms with E-state index in [1.54, 1.807) is 13.8 Å². The molecule has 0 aromatic carbocycles. The summed E-state index contributed by atoms with van der Waals surface area (Å²) < 4.78 is 10.1. The molecule has 1 heterocycles. The molecule has 0 bridgehead atoms.